The van der Waals surface area contributed by atoms with Gasteiger partial charge in [-0.15, -0.1) is 0 Å². The number of allylic oxidation sites excluding steroid dienone is 1. The molecule has 24 heavy (non-hydrogen) atoms. The standard InChI is InChI=1S/C19H32O5/c1-5-7-8-9-10-14(6-2)16(20)12-11-15-13-19(15,17(21)23-3)18(22)24-4/h11-12,14-16,20H,5-10,13H2,1-4H3/b12-11+. The molecule has 5 nitrogen and oxygen atoms in total. The molecule has 0 radical (unpaired) electrons. The second kappa shape index (κ2) is 9.82. The van der Waals surface area contributed by atoms with Gasteiger partial charge in [0, 0.05) is 5.92 Å². The monoisotopic (exact) mass is 340 g/mol. The van der Waals surface area contributed by atoms with Gasteiger partial charge in [-0.05, 0) is 18.8 Å². The van der Waals surface area contributed by atoms with Crippen molar-refractivity contribution in [2.75, 3.05) is 14.2 Å². The molecule has 0 aromatic heterocycles. The van der Waals surface area contributed by atoms with Crippen molar-refractivity contribution < 1.29 is 24.2 Å². The molecule has 5 heteroatoms. The normalized spacial score (nSPS) is 21.3. The number of aliphatic hydroxyl groups excluding tert-OH is 1. The summed E-state index contributed by atoms with van der Waals surface area (Å²) >= 11 is 0. The smallest absolute Gasteiger partial charge is 0.323 e. The van der Waals surface area contributed by atoms with Crippen LogP contribution in [0.15, 0.2) is 12.2 Å². The number of aliphatic hydroxyl groups is 1. The highest BCUT2D eigenvalue weighted by Gasteiger charge is 2.66. The van der Waals surface area contributed by atoms with Crippen LogP contribution in [0.4, 0.5) is 0 Å². The number of unbranched alkanes of at least 4 members (excludes halogenated alkanes) is 3. The van der Waals surface area contributed by atoms with Gasteiger partial charge in [0.05, 0.1) is 20.3 Å². The first-order chi connectivity index (χ1) is 11.5. The number of methoxy groups -OCH3 is 2. The Hall–Kier alpha value is -1.36. The fourth-order valence-electron chi connectivity index (χ4n) is 3.29. The van der Waals surface area contributed by atoms with Crippen LogP contribution in [0.5, 0.6) is 0 Å². The molecule has 1 saturated carbocycles. The molecular formula is C19H32O5. The third kappa shape index (κ3) is 4.82. The van der Waals surface area contributed by atoms with Gasteiger partial charge in [0.2, 0.25) is 0 Å². The number of rotatable bonds is 11. The van der Waals surface area contributed by atoms with E-state index in [4.69, 9.17) is 9.47 Å². The van der Waals surface area contributed by atoms with E-state index in [9.17, 15) is 14.7 Å². The van der Waals surface area contributed by atoms with Crippen molar-refractivity contribution in [1.82, 2.24) is 0 Å². The van der Waals surface area contributed by atoms with Gasteiger partial charge in [-0.25, -0.2) is 0 Å². The molecule has 138 valence electrons. The number of hydrogen-bond acceptors (Lipinski definition) is 5. The lowest BCUT2D eigenvalue weighted by atomic mass is 9.92. The Bertz CT molecular complexity index is 427. The summed E-state index contributed by atoms with van der Waals surface area (Å²) in [7, 11) is 2.54. The average molecular weight is 340 g/mol. The predicted molar refractivity (Wildman–Crippen MR) is 92.3 cm³/mol. The fraction of sp³-hybridized carbons (Fsp3) is 0.789. The van der Waals surface area contributed by atoms with Crippen LogP contribution < -0.4 is 0 Å². The van der Waals surface area contributed by atoms with Crippen molar-refractivity contribution in [2.24, 2.45) is 17.3 Å². The molecule has 1 fully saturated rings. The third-order valence-electron chi connectivity index (χ3n) is 5.09. The van der Waals surface area contributed by atoms with Crippen LogP contribution in [0.2, 0.25) is 0 Å². The van der Waals surface area contributed by atoms with Crippen LogP contribution in [0, 0.1) is 17.3 Å². The summed E-state index contributed by atoms with van der Waals surface area (Å²) in [5, 5.41) is 10.4. The van der Waals surface area contributed by atoms with Crippen LogP contribution in [-0.4, -0.2) is 37.4 Å². The maximum Gasteiger partial charge on any atom is 0.323 e. The van der Waals surface area contributed by atoms with E-state index in [1.54, 1.807) is 12.2 Å². The quantitative estimate of drug-likeness (QED) is 0.270. The van der Waals surface area contributed by atoms with Crippen LogP contribution >= 0.6 is 0 Å². The fourth-order valence-corrected chi connectivity index (χ4v) is 3.29. The number of hydrogen-bond donors (Lipinski definition) is 1. The van der Waals surface area contributed by atoms with Crippen LogP contribution in [0.25, 0.3) is 0 Å². The van der Waals surface area contributed by atoms with Crippen molar-refractivity contribution in [1.29, 1.82) is 0 Å². The molecule has 0 spiro atoms. The SMILES string of the molecule is CCCCCCC(CC)C(O)/C=C/C1CC1(C(=O)OC)C(=O)OC. The lowest BCUT2D eigenvalue weighted by Gasteiger charge is -2.19. The first kappa shape index (κ1) is 20.7. The molecule has 0 aromatic rings. The Balaban J connectivity index is 2.61. The number of carbonyl (C=O) groups is 2. The lowest BCUT2D eigenvalue weighted by Crippen LogP contribution is -2.30. The van der Waals surface area contributed by atoms with Gasteiger partial charge in [-0.2, -0.15) is 0 Å². The van der Waals surface area contributed by atoms with Gasteiger partial charge in [-0.3, -0.25) is 9.59 Å². The largest absolute Gasteiger partial charge is 0.468 e. The highest BCUT2D eigenvalue weighted by molar-refractivity contribution is 6.04. The number of esters is 2. The molecule has 0 saturated heterocycles. The summed E-state index contributed by atoms with van der Waals surface area (Å²) in [5.41, 5.74) is -1.22. The number of carbonyl (C=O) groups excluding carboxylic acids is 2. The second-order valence-electron chi connectivity index (χ2n) is 6.66. The van der Waals surface area contributed by atoms with Gasteiger partial charge in [-0.1, -0.05) is 58.1 Å². The molecule has 0 amide bonds. The van der Waals surface area contributed by atoms with Gasteiger partial charge >= 0.3 is 11.9 Å². The summed E-state index contributed by atoms with van der Waals surface area (Å²) in [6.07, 6.45) is 9.96. The Morgan fingerprint density at radius 2 is 1.79 bits per heavy atom. The molecule has 0 bridgehead atoms. The molecule has 3 atom stereocenters. The average Bonchev–Trinajstić information content (AvgIpc) is 3.34. The maximum absolute atomic E-state index is 11.9. The van der Waals surface area contributed by atoms with E-state index in [1.807, 2.05) is 0 Å². The molecule has 1 aliphatic carbocycles. The molecule has 0 aromatic carbocycles. The second-order valence-corrected chi connectivity index (χ2v) is 6.66. The first-order valence-electron chi connectivity index (χ1n) is 9.01. The predicted octanol–water partition coefficient (Wildman–Crippen LogP) is 3.25. The van der Waals surface area contributed by atoms with Crippen LogP contribution in [0.3, 0.4) is 0 Å². The maximum atomic E-state index is 11.9. The van der Waals surface area contributed by atoms with E-state index in [-0.39, 0.29) is 11.8 Å². The minimum Gasteiger partial charge on any atom is -0.468 e. The zero-order chi connectivity index (χ0) is 18.2. The van der Waals surface area contributed by atoms with Crippen molar-refractivity contribution in [3.05, 3.63) is 12.2 Å². The summed E-state index contributed by atoms with van der Waals surface area (Å²) < 4.78 is 9.49. The zero-order valence-electron chi connectivity index (χ0n) is 15.4. The third-order valence-corrected chi connectivity index (χ3v) is 5.09. The first-order valence-corrected chi connectivity index (χ1v) is 9.01. The summed E-state index contributed by atoms with van der Waals surface area (Å²) in [5.74, 6) is -1.18. The van der Waals surface area contributed by atoms with Crippen LogP contribution in [-0.2, 0) is 19.1 Å². The molecule has 1 aliphatic rings. The van der Waals surface area contributed by atoms with Crippen molar-refractivity contribution in [3.63, 3.8) is 0 Å². The summed E-state index contributed by atoms with van der Waals surface area (Å²) in [6, 6.07) is 0. The minimum atomic E-state index is -1.22. The molecular weight excluding hydrogens is 308 g/mol. The topological polar surface area (TPSA) is 72.8 Å². The molecule has 1 N–H and O–H groups in total. The van der Waals surface area contributed by atoms with E-state index in [2.05, 4.69) is 13.8 Å². The highest BCUT2D eigenvalue weighted by atomic mass is 16.5. The molecule has 0 heterocycles. The van der Waals surface area contributed by atoms with E-state index in [0.717, 1.165) is 19.3 Å². The molecule has 3 unspecified atom stereocenters. The van der Waals surface area contributed by atoms with Gasteiger partial charge in [0.15, 0.2) is 5.41 Å². The van der Waals surface area contributed by atoms with Crippen molar-refractivity contribution in [3.8, 4) is 0 Å². The Morgan fingerprint density at radius 1 is 1.17 bits per heavy atom. The van der Waals surface area contributed by atoms with Gasteiger partial charge in [0.1, 0.15) is 0 Å². The molecule has 1 rings (SSSR count). The van der Waals surface area contributed by atoms with Gasteiger partial charge in [0.25, 0.3) is 0 Å². The molecule has 0 aliphatic heterocycles. The Morgan fingerprint density at radius 3 is 2.29 bits per heavy atom. The van der Waals surface area contributed by atoms with E-state index < -0.39 is 23.5 Å². The van der Waals surface area contributed by atoms with E-state index in [1.165, 1.54) is 33.5 Å². The lowest BCUT2D eigenvalue weighted by molar-refractivity contribution is -0.161. The highest BCUT2D eigenvalue weighted by Crippen LogP contribution is 2.55. The van der Waals surface area contributed by atoms with E-state index in [0.29, 0.717) is 6.42 Å². The van der Waals surface area contributed by atoms with Gasteiger partial charge < -0.3 is 14.6 Å². The summed E-state index contributed by atoms with van der Waals surface area (Å²) in [6.45, 7) is 4.26. The summed E-state index contributed by atoms with van der Waals surface area (Å²) in [4.78, 5) is 23.8. The van der Waals surface area contributed by atoms with E-state index >= 15 is 0 Å². The van der Waals surface area contributed by atoms with Crippen molar-refractivity contribution >= 4 is 11.9 Å². The van der Waals surface area contributed by atoms with Crippen molar-refractivity contribution in [2.45, 2.75) is 64.9 Å². The number of ether oxygens (including phenoxy) is 2. The Kier molecular flexibility index (Phi) is 8.46. The van der Waals surface area contributed by atoms with Crippen LogP contribution in [0.1, 0.15) is 58.8 Å². The Labute approximate surface area is 145 Å². The minimum absolute atomic E-state index is 0.211. The zero-order valence-corrected chi connectivity index (χ0v) is 15.4.